The summed E-state index contributed by atoms with van der Waals surface area (Å²) in [6.45, 7) is 6.28. The lowest BCUT2D eigenvalue weighted by Gasteiger charge is -2.15. The van der Waals surface area contributed by atoms with Gasteiger partial charge in [-0.3, -0.25) is 9.69 Å². The highest BCUT2D eigenvalue weighted by Crippen LogP contribution is 2.13. The number of halogens is 2. The molecule has 0 saturated carbocycles. The quantitative estimate of drug-likeness (QED) is 0.830. The molecule has 0 spiro atoms. The largest absolute Gasteiger partial charge is 0.352 e. The van der Waals surface area contributed by atoms with E-state index in [-0.39, 0.29) is 36.6 Å². The molecule has 1 amide bonds. The Hall–Kier alpha value is -0.810. The molecule has 0 bridgehead atoms. The lowest BCUT2D eigenvalue weighted by atomic mass is 10.1. The number of likely N-dealkylation sites (tertiary alicyclic amines) is 1. The molecule has 0 aliphatic carbocycles. The summed E-state index contributed by atoms with van der Waals surface area (Å²) in [4.78, 5) is 14.1. The highest BCUT2D eigenvalue weighted by molar-refractivity contribution is 5.85. The molecule has 22 heavy (non-hydrogen) atoms. The number of rotatable bonds is 6. The van der Waals surface area contributed by atoms with Crippen LogP contribution in [0.3, 0.4) is 0 Å². The summed E-state index contributed by atoms with van der Waals surface area (Å²) in [6, 6.07) is 8.51. The average molecular weight is 348 g/mol. The Balaban J connectivity index is 0.00000220. The van der Waals surface area contributed by atoms with Gasteiger partial charge < -0.3 is 11.1 Å². The minimum atomic E-state index is -0.121. The molecule has 1 atom stereocenters. The number of carbonyl (C=O) groups is 1. The average Bonchev–Trinajstić information content (AvgIpc) is 2.98. The Morgan fingerprint density at radius 2 is 1.73 bits per heavy atom. The summed E-state index contributed by atoms with van der Waals surface area (Å²) >= 11 is 0. The van der Waals surface area contributed by atoms with E-state index in [1.54, 1.807) is 0 Å². The van der Waals surface area contributed by atoms with Gasteiger partial charge in [0.2, 0.25) is 5.91 Å². The van der Waals surface area contributed by atoms with Crippen LogP contribution in [0.2, 0.25) is 0 Å². The Bertz CT molecular complexity index is 434. The van der Waals surface area contributed by atoms with Gasteiger partial charge >= 0.3 is 0 Å². The predicted molar refractivity (Wildman–Crippen MR) is 95.5 cm³/mol. The fourth-order valence-electron chi connectivity index (χ4n) is 2.43. The van der Waals surface area contributed by atoms with Crippen molar-refractivity contribution in [3.05, 3.63) is 35.4 Å². The third-order valence-corrected chi connectivity index (χ3v) is 3.90. The van der Waals surface area contributed by atoms with Crippen LogP contribution in [-0.4, -0.2) is 30.4 Å². The van der Waals surface area contributed by atoms with Crippen molar-refractivity contribution in [1.82, 2.24) is 10.2 Å². The van der Waals surface area contributed by atoms with E-state index in [1.165, 1.54) is 31.5 Å². The highest BCUT2D eigenvalue weighted by atomic mass is 35.5. The zero-order chi connectivity index (χ0) is 14.4. The second kappa shape index (κ2) is 10.8. The topological polar surface area (TPSA) is 58.4 Å². The molecular formula is C16H27Cl2N3O. The SMILES string of the molecule is CC(CN)C(=O)NCc1ccc(CN2CCCC2)cc1.Cl.Cl. The first kappa shape index (κ1) is 21.2. The first-order valence-electron chi connectivity index (χ1n) is 7.47. The second-order valence-electron chi connectivity index (χ2n) is 5.65. The van der Waals surface area contributed by atoms with Gasteiger partial charge in [0, 0.05) is 25.6 Å². The number of nitrogens with two attached hydrogens (primary N) is 1. The van der Waals surface area contributed by atoms with Gasteiger partial charge in [0.25, 0.3) is 0 Å². The molecule has 1 heterocycles. The van der Waals surface area contributed by atoms with E-state index in [0.29, 0.717) is 13.1 Å². The summed E-state index contributed by atoms with van der Waals surface area (Å²) in [7, 11) is 0. The molecule has 1 aromatic carbocycles. The maximum absolute atomic E-state index is 11.6. The van der Waals surface area contributed by atoms with E-state index in [0.717, 1.165) is 12.1 Å². The fraction of sp³-hybridized carbons (Fsp3) is 0.562. The van der Waals surface area contributed by atoms with Crippen LogP contribution in [0.25, 0.3) is 0 Å². The number of hydrogen-bond acceptors (Lipinski definition) is 3. The normalized spacial score (nSPS) is 15.5. The summed E-state index contributed by atoms with van der Waals surface area (Å²) in [5.74, 6) is -0.0990. The van der Waals surface area contributed by atoms with Crippen LogP contribution < -0.4 is 11.1 Å². The minimum Gasteiger partial charge on any atom is -0.352 e. The van der Waals surface area contributed by atoms with Gasteiger partial charge in [0.1, 0.15) is 0 Å². The van der Waals surface area contributed by atoms with Crippen molar-refractivity contribution in [3.63, 3.8) is 0 Å². The number of nitrogens with one attached hydrogen (secondary N) is 1. The van der Waals surface area contributed by atoms with Crippen LogP contribution in [0, 0.1) is 5.92 Å². The van der Waals surface area contributed by atoms with Gasteiger partial charge in [-0.15, -0.1) is 24.8 Å². The van der Waals surface area contributed by atoms with E-state index < -0.39 is 0 Å². The van der Waals surface area contributed by atoms with Crippen molar-refractivity contribution in [2.45, 2.75) is 32.9 Å². The first-order valence-corrected chi connectivity index (χ1v) is 7.47. The molecule has 126 valence electrons. The van der Waals surface area contributed by atoms with Crippen molar-refractivity contribution in [2.24, 2.45) is 11.7 Å². The number of nitrogens with zero attached hydrogens (tertiary/aromatic N) is 1. The number of benzene rings is 1. The summed E-state index contributed by atoms with van der Waals surface area (Å²) < 4.78 is 0. The van der Waals surface area contributed by atoms with Crippen molar-refractivity contribution < 1.29 is 4.79 Å². The Morgan fingerprint density at radius 3 is 2.27 bits per heavy atom. The molecule has 1 saturated heterocycles. The second-order valence-corrected chi connectivity index (χ2v) is 5.65. The van der Waals surface area contributed by atoms with E-state index in [4.69, 9.17) is 5.73 Å². The molecule has 0 radical (unpaired) electrons. The van der Waals surface area contributed by atoms with Gasteiger partial charge in [-0.05, 0) is 37.1 Å². The number of amides is 1. The predicted octanol–water partition coefficient (Wildman–Crippen LogP) is 2.34. The van der Waals surface area contributed by atoms with Crippen LogP contribution in [0.5, 0.6) is 0 Å². The third-order valence-electron chi connectivity index (χ3n) is 3.90. The summed E-state index contributed by atoms with van der Waals surface area (Å²) in [5.41, 5.74) is 7.95. The lowest BCUT2D eigenvalue weighted by molar-refractivity contribution is -0.124. The number of carbonyl (C=O) groups excluding carboxylic acids is 1. The van der Waals surface area contributed by atoms with Crippen molar-refractivity contribution >= 4 is 30.7 Å². The summed E-state index contributed by atoms with van der Waals surface area (Å²) in [6.07, 6.45) is 2.65. The van der Waals surface area contributed by atoms with Crippen LogP contribution in [0.15, 0.2) is 24.3 Å². The van der Waals surface area contributed by atoms with Crippen molar-refractivity contribution in [1.29, 1.82) is 0 Å². The molecule has 0 aromatic heterocycles. The fourth-order valence-corrected chi connectivity index (χ4v) is 2.43. The molecule has 1 fully saturated rings. The summed E-state index contributed by atoms with van der Waals surface area (Å²) in [5, 5.41) is 2.91. The Kier molecular flexibility index (Phi) is 10.4. The van der Waals surface area contributed by atoms with Crippen molar-refractivity contribution in [2.75, 3.05) is 19.6 Å². The monoisotopic (exact) mass is 347 g/mol. The van der Waals surface area contributed by atoms with Crippen molar-refractivity contribution in [3.8, 4) is 0 Å². The van der Waals surface area contributed by atoms with E-state index in [2.05, 4.69) is 34.5 Å². The third kappa shape index (κ3) is 6.53. The standard InChI is InChI=1S/C16H25N3O.2ClH/c1-13(10-17)16(20)18-11-14-4-6-15(7-5-14)12-19-8-2-3-9-19;;/h4-7,13H,2-3,8-12,17H2,1H3,(H,18,20);2*1H. The maximum atomic E-state index is 11.6. The molecule has 1 aromatic rings. The van der Waals surface area contributed by atoms with Gasteiger partial charge in [0.05, 0.1) is 0 Å². The van der Waals surface area contributed by atoms with E-state index in [1.807, 2.05) is 6.92 Å². The smallest absolute Gasteiger partial charge is 0.224 e. The maximum Gasteiger partial charge on any atom is 0.224 e. The van der Waals surface area contributed by atoms with Crippen LogP contribution in [0.1, 0.15) is 30.9 Å². The molecule has 6 heteroatoms. The molecule has 3 N–H and O–H groups in total. The molecule has 4 nitrogen and oxygen atoms in total. The number of hydrogen-bond donors (Lipinski definition) is 2. The molecule has 2 rings (SSSR count). The molecule has 1 aliphatic heterocycles. The van der Waals surface area contributed by atoms with Gasteiger partial charge in [-0.25, -0.2) is 0 Å². The zero-order valence-corrected chi connectivity index (χ0v) is 14.7. The molecular weight excluding hydrogens is 321 g/mol. The van der Waals surface area contributed by atoms with E-state index in [9.17, 15) is 4.79 Å². The van der Waals surface area contributed by atoms with E-state index >= 15 is 0 Å². The Morgan fingerprint density at radius 1 is 1.18 bits per heavy atom. The van der Waals surface area contributed by atoms with Crippen LogP contribution in [-0.2, 0) is 17.9 Å². The highest BCUT2D eigenvalue weighted by Gasteiger charge is 2.12. The van der Waals surface area contributed by atoms with Gasteiger partial charge in [0.15, 0.2) is 0 Å². The minimum absolute atomic E-state index is 0. The van der Waals surface area contributed by atoms with Crippen LogP contribution in [0.4, 0.5) is 0 Å². The van der Waals surface area contributed by atoms with Gasteiger partial charge in [-0.1, -0.05) is 31.2 Å². The molecule has 1 aliphatic rings. The first-order chi connectivity index (χ1) is 9.69. The van der Waals surface area contributed by atoms with Gasteiger partial charge in [-0.2, -0.15) is 0 Å². The molecule has 1 unspecified atom stereocenters. The lowest BCUT2D eigenvalue weighted by Crippen LogP contribution is -2.32. The zero-order valence-electron chi connectivity index (χ0n) is 13.1. The van der Waals surface area contributed by atoms with Crippen LogP contribution >= 0.6 is 24.8 Å². The Labute approximate surface area is 145 Å².